The second-order valence-corrected chi connectivity index (χ2v) is 6.12. The summed E-state index contributed by atoms with van der Waals surface area (Å²) in [5, 5.41) is 3.01. The molecule has 0 radical (unpaired) electrons. The molecule has 1 aliphatic rings. The zero-order chi connectivity index (χ0) is 9.73. The molecule has 0 bridgehead atoms. The molecule has 0 atom stereocenters. The van der Waals surface area contributed by atoms with Crippen LogP contribution in [0.15, 0.2) is 0 Å². The summed E-state index contributed by atoms with van der Waals surface area (Å²) < 4.78 is 0. The zero-order valence-corrected chi connectivity index (χ0v) is 9.58. The van der Waals surface area contributed by atoms with E-state index in [1.165, 1.54) is 19.3 Å². The summed E-state index contributed by atoms with van der Waals surface area (Å²) in [5.41, 5.74) is 0. The van der Waals surface area contributed by atoms with E-state index in [4.69, 9.17) is 0 Å². The molecule has 4 heteroatoms. The van der Waals surface area contributed by atoms with Crippen LogP contribution in [0.25, 0.3) is 0 Å². The van der Waals surface area contributed by atoms with Crippen molar-refractivity contribution in [2.24, 2.45) is 0 Å². The molecule has 1 aliphatic carbocycles. The van der Waals surface area contributed by atoms with Crippen LogP contribution >= 0.6 is 0 Å². The van der Waals surface area contributed by atoms with Crippen LogP contribution in [0.2, 0.25) is 5.04 Å². The van der Waals surface area contributed by atoms with E-state index in [2.05, 4.69) is 5.32 Å². The Morgan fingerprint density at radius 1 is 1.23 bits per heavy atom. The summed E-state index contributed by atoms with van der Waals surface area (Å²) in [6.07, 6.45) is 6.61. The summed E-state index contributed by atoms with van der Waals surface area (Å²) in [7, 11) is -0.541. The molecule has 0 amide bonds. The zero-order valence-electron chi connectivity index (χ0n) is 8.42. The maximum Gasteiger partial charge on any atom is 0.322 e. The number of hydrogen-bond donors (Lipinski definition) is 3. The summed E-state index contributed by atoms with van der Waals surface area (Å²) in [6, 6.07) is 0. The predicted molar refractivity (Wildman–Crippen MR) is 55.9 cm³/mol. The molecule has 0 aromatic carbocycles. The Bertz CT molecular complexity index is 147. The average molecular weight is 203 g/mol. The molecule has 1 saturated carbocycles. The van der Waals surface area contributed by atoms with Crippen molar-refractivity contribution in [3.05, 3.63) is 0 Å². The molecule has 3 N–H and O–H groups in total. The second kappa shape index (κ2) is 5.10. The molecule has 78 valence electrons. The van der Waals surface area contributed by atoms with E-state index in [0.717, 1.165) is 25.8 Å². The van der Waals surface area contributed by atoms with Crippen molar-refractivity contribution >= 4 is 9.28 Å². The smallest absolute Gasteiger partial charge is 0.322 e. The van der Waals surface area contributed by atoms with Crippen molar-refractivity contribution in [3.63, 3.8) is 0 Å². The lowest BCUT2D eigenvalue weighted by molar-refractivity contribution is 0.261. The van der Waals surface area contributed by atoms with Gasteiger partial charge in [0.15, 0.2) is 0 Å². The molecule has 1 rings (SSSR count). The van der Waals surface area contributed by atoms with Gasteiger partial charge in [-0.05, 0) is 32.9 Å². The van der Waals surface area contributed by atoms with Gasteiger partial charge in [0.05, 0.1) is 0 Å². The Morgan fingerprint density at radius 2 is 1.85 bits per heavy atom. The van der Waals surface area contributed by atoms with Crippen molar-refractivity contribution < 1.29 is 9.59 Å². The van der Waals surface area contributed by atoms with Gasteiger partial charge in [-0.3, -0.25) is 0 Å². The lowest BCUT2D eigenvalue weighted by Gasteiger charge is -2.37. The standard InChI is InChI=1S/C9H21NO2Si/c1-10-8-7-9(13(11)12)5-3-2-4-6-9/h10-13H,2-8H2,1H3. The highest BCUT2D eigenvalue weighted by molar-refractivity contribution is 6.45. The van der Waals surface area contributed by atoms with E-state index in [1.54, 1.807) is 0 Å². The van der Waals surface area contributed by atoms with Crippen molar-refractivity contribution in [2.45, 2.75) is 43.6 Å². The van der Waals surface area contributed by atoms with E-state index in [9.17, 15) is 9.59 Å². The van der Waals surface area contributed by atoms with E-state index in [-0.39, 0.29) is 5.04 Å². The van der Waals surface area contributed by atoms with Gasteiger partial charge in [0, 0.05) is 5.04 Å². The number of hydrogen-bond acceptors (Lipinski definition) is 3. The summed E-state index contributed by atoms with van der Waals surface area (Å²) in [5.74, 6) is 0. The van der Waals surface area contributed by atoms with Gasteiger partial charge in [0.25, 0.3) is 0 Å². The summed E-state index contributed by atoms with van der Waals surface area (Å²) in [6.45, 7) is 0.907. The average Bonchev–Trinajstić information content (AvgIpc) is 2.16. The summed E-state index contributed by atoms with van der Waals surface area (Å²) >= 11 is 0. The van der Waals surface area contributed by atoms with Crippen molar-refractivity contribution in [2.75, 3.05) is 13.6 Å². The second-order valence-electron chi connectivity index (χ2n) is 4.15. The minimum absolute atomic E-state index is 0.0821. The van der Waals surface area contributed by atoms with Crippen LogP contribution < -0.4 is 5.32 Å². The van der Waals surface area contributed by atoms with Gasteiger partial charge in [-0.1, -0.05) is 19.3 Å². The van der Waals surface area contributed by atoms with Crippen molar-refractivity contribution in [1.82, 2.24) is 5.32 Å². The Morgan fingerprint density at radius 3 is 2.31 bits per heavy atom. The Kier molecular flexibility index (Phi) is 4.38. The maximum absolute atomic E-state index is 9.52. The fourth-order valence-electron chi connectivity index (χ4n) is 2.27. The van der Waals surface area contributed by atoms with Gasteiger partial charge >= 0.3 is 9.28 Å². The molecule has 0 spiro atoms. The molecular weight excluding hydrogens is 182 g/mol. The molecule has 0 saturated heterocycles. The van der Waals surface area contributed by atoms with E-state index < -0.39 is 9.28 Å². The highest BCUT2D eigenvalue weighted by Gasteiger charge is 2.39. The third kappa shape index (κ3) is 2.77. The molecule has 0 aromatic rings. The normalized spacial score (nSPS) is 22.2. The highest BCUT2D eigenvalue weighted by Crippen LogP contribution is 2.46. The largest absolute Gasteiger partial charge is 0.413 e. The van der Waals surface area contributed by atoms with Crippen molar-refractivity contribution in [1.29, 1.82) is 0 Å². The lowest BCUT2D eigenvalue weighted by Crippen LogP contribution is -2.37. The Balaban J connectivity index is 2.51. The van der Waals surface area contributed by atoms with Gasteiger partial charge in [-0.15, -0.1) is 0 Å². The minimum atomic E-state index is -2.46. The van der Waals surface area contributed by atoms with E-state index >= 15 is 0 Å². The quantitative estimate of drug-likeness (QED) is 0.583. The van der Waals surface area contributed by atoms with E-state index in [1.807, 2.05) is 7.05 Å². The first-order valence-corrected chi connectivity index (χ1v) is 6.83. The van der Waals surface area contributed by atoms with Gasteiger partial charge in [0.1, 0.15) is 0 Å². The van der Waals surface area contributed by atoms with Gasteiger partial charge in [-0.25, -0.2) is 0 Å². The first-order valence-electron chi connectivity index (χ1n) is 5.22. The Labute approximate surface area is 82.0 Å². The molecule has 0 aromatic heterocycles. The SMILES string of the molecule is CNCCC1([SiH](O)O)CCCCC1. The third-order valence-corrected chi connectivity index (χ3v) is 5.23. The number of nitrogens with one attached hydrogen (secondary N) is 1. The van der Waals surface area contributed by atoms with Crippen LogP contribution in [0.3, 0.4) is 0 Å². The van der Waals surface area contributed by atoms with Crippen LogP contribution in [0, 0.1) is 0 Å². The molecule has 3 nitrogen and oxygen atoms in total. The maximum atomic E-state index is 9.52. The molecular formula is C9H21NO2Si. The van der Waals surface area contributed by atoms with Gasteiger partial charge in [-0.2, -0.15) is 0 Å². The van der Waals surface area contributed by atoms with Crippen LogP contribution in [0.5, 0.6) is 0 Å². The first kappa shape index (κ1) is 11.2. The minimum Gasteiger partial charge on any atom is -0.413 e. The van der Waals surface area contributed by atoms with Gasteiger partial charge < -0.3 is 14.9 Å². The van der Waals surface area contributed by atoms with Crippen LogP contribution in [-0.4, -0.2) is 32.5 Å². The van der Waals surface area contributed by atoms with Crippen molar-refractivity contribution in [3.8, 4) is 0 Å². The fourth-order valence-corrected chi connectivity index (χ4v) is 3.59. The van der Waals surface area contributed by atoms with Crippen LogP contribution in [-0.2, 0) is 0 Å². The topological polar surface area (TPSA) is 52.5 Å². The fraction of sp³-hybridized carbons (Fsp3) is 1.00. The third-order valence-electron chi connectivity index (χ3n) is 3.27. The molecule has 1 fully saturated rings. The van der Waals surface area contributed by atoms with Crippen LogP contribution in [0.1, 0.15) is 38.5 Å². The first-order chi connectivity index (χ1) is 6.21. The Hall–Kier alpha value is 0.0969. The molecule has 13 heavy (non-hydrogen) atoms. The molecule has 0 heterocycles. The summed E-state index contributed by atoms with van der Waals surface area (Å²) in [4.78, 5) is 19.0. The molecule has 0 aliphatic heterocycles. The van der Waals surface area contributed by atoms with Crippen LogP contribution in [0.4, 0.5) is 0 Å². The predicted octanol–water partition coefficient (Wildman–Crippen LogP) is 0.505. The monoisotopic (exact) mass is 203 g/mol. The van der Waals surface area contributed by atoms with E-state index in [0.29, 0.717) is 0 Å². The number of rotatable bonds is 4. The van der Waals surface area contributed by atoms with Gasteiger partial charge in [0.2, 0.25) is 0 Å². The molecule has 0 unspecified atom stereocenters. The highest BCUT2D eigenvalue weighted by atomic mass is 28.3. The lowest BCUT2D eigenvalue weighted by atomic mass is 9.85.